The minimum atomic E-state index is -4.66. The molecule has 102 valence electrons. The van der Waals surface area contributed by atoms with Crippen LogP contribution in [-0.4, -0.2) is 53.1 Å². The summed E-state index contributed by atoms with van der Waals surface area (Å²) in [4.78, 5) is 1.21. The average molecular weight is 264 g/mol. The quantitative estimate of drug-likeness (QED) is 0.562. The van der Waals surface area contributed by atoms with Gasteiger partial charge in [0.1, 0.15) is 6.23 Å². The van der Waals surface area contributed by atoms with Crippen LogP contribution >= 0.6 is 0 Å². The fourth-order valence-electron chi connectivity index (χ4n) is 1.85. The first-order valence-corrected chi connectivity index (χ1v) is 5.33. The predicted octanol–water partition coefficient (Wildman–Crippen LogP) is 0.197. The minimum absolute atomic E-state index is 0.00407. The summed E-state index contributed by atoms with van der Waals surface area (Å²) in [5.74, 6) is 5.55. The van der Waals surface area contributed by atoms with Gasteiger partial charge in [0.2, 0.25) is 0 Å². The molecule has 0 aromatic heterocycles. The molecule has 1 unspecified atom stereocenters. The Morgan fingerprint density at radius 2 is 2.17 bits per heavy atom. The molecule has 1 aliphatic heterocycles. The second-order valence-electron chi connectivity index (χ2n) is 4.15. The molecule has 0 saturated carbocycles. The monoisotopic (exact) mass is 264 g/mol. The molecule has 0 bridgehead atoms. The van der Waals surface area contributed by atoms with E-state index in [-0.39, 0.29) is 19.5 Å². The van der Waals surface area contributed by atoms with Gasteiger partial charge in [-0.1, -0.05) is 6.58 Å². The first-order chi connectivity index (χ1) is 8.27. The second kappa shape index (κ2) is 5.67. The summed E-state index contributed by atoms with van der Waals surface area (Å²) in [5, 5.41) is 19.8. The molecule has 2 atom stereocenters. The summed E-state index contributed by atoms with van der Waals surface area (Å²) < 4.78 is 37.4. The predicted molar refractivity (Wildman–Crippen MR) is 57.7 cm³/mol. The number of hydrogen-bond donors (Lipinski definition) is 2. The van der Waals surface area contributed by atoms with E-state index >= 15 is 0 Å². The number of alkyl halides is 3. The Labute approximate surface area is 103 Å². The lowest BCUT2D eigenvalue weighted by Crippen LogP contribution is -2.59. The highest BCUT2D eigenvalue weighted by molar-refractivity contribution is 5.10. The molecule has 8 heteroatoms. The van der Waals surface area contributed by atoms with Gasteiger partial charge in [-0.25, -0.2) is 5.01 Å². The van der Waals surface area contributed by atoms with Gasteiger partial charge in [0.05, 0.1) is 18.1 Å². The average Bonchev–Trinajstić information content (AvgIpc) is 2.26. The van der Waals surface area contributed by atoms with Crippen LogP contribution in [0.15, 0.2) is 12.2 Å². The molecular formula is C10H15F3N4O. The van der Waals surface area contributed by atoms with Crippen molar-refractivity contribution >= 4 is 0 Å². The van der Waals surface area contributed by atoms with E-state index in [0.717, 1.165) is 0 Å². The number of aliphatic hydroxyl groups excluding tert-OH is 1. The molecule has 1 fully saturated rings. The van der Waals surface area contributed by atoms with Gasteiger partial charge in [0.25, 0.3) is 0 Å². The Bertz CT molecular complexity index is 352. The van der Waals surface area contributed by atoms with Gasteiger partial charge in [-0.2, -0.15) is 18.4 Å². The third-order valence-electron chi connectivity index (χ3n) is 2.88. The summed E-state index contributed by atoms with van der Waals surface area (Å²) >= 11 is 0. The largest absolute Gasteiger partial charge is 0.415 e. The van der Waals surface area contributed by atoms with Gasteiger partial charge >= 0.3 is 6.18 Å². The van der Waals surface area contributed by atoms with E-state index < -0.39 is 24.0 Å². The Balaban J connectivity index is 2.79. The number of nitrogens with two attached hydrogens (primary N) is 1. The van der Waals surface area contributed by atoms with Crippen molar-refractivity contribution in [2.24, 2.45) is 5.84 Å². The van der Waals surface area contributed by atoms with Crippen LogP contribution in [0.4, 0.5) is 13.2 Å². The highest BCUT2D eigenvalue weighted by atomic mass is 19.4. The maximum absolute atomic E-state index is 12.5. The standard InChI is InChI=1S/C10H15F3N4O/c1-7(10(11,12)13)9(18)17-5-4-16(15)6-8(17)2-3-14/h8-9,18H,1-2,4-6,15H2/t8-,9?/m0/s1. The fraction of sp³-hybridized carbons (Fsp3) is 0.700. The number of hydrazine groups is 1. The van der Waals surface area contributed by atoms with E-state index in [1.807, 2.05) is 6.07 Å². The first-order valence-electron chi connectivity index (χ1n) is 5.33. The Morgan fingerprint density at radius 3 is 2.67 bits per heavy atom. The normalized spacial score (nSPS) is 24.6. The van der Waals surface area contributed by atoms with Crippen molar-refractivity contribution < 1.29 is 18.3 Å². The van der Waals surface area contributed by atoms with Crippen molar-refractivity contribution in [2.75, 3.05) is 19.6 Å². The van der Waals surface area contributed by atoms with Gasteiger partial charge in [-0.15, -0.1) is 0 Å². The number of rotatable bonds is 3. The first kappa shape index (κ1) is 14.9. The maximum Gasteiger partial charge on any atom is 0.415 e. The third kappa shape index (κ3) is 3.43. The SMILES string of the molecule is C=C(C(O)N1CCN(N)C[C@@H]1CC#N)C(F)(F)F. The zero-order valence-corrected chi connectivity index (χ0v) is 9.69. The molecule has 0 aromatic carbocycles. The minimum Gasteiger partial charge on any atom is -0.374 e. The number of nitrogens with zero attached hydrogens (tertiary/aromatic N) is 3. The van der Waals surface area contributed by atoms with Gasteiger partial charge in [-0.05, 0) is 0 Å². The van der Waals surface area contributed by atoms with Crippen molar-refractivity contribution in [3.8, 4) is 6.07 Å². The summed E-state index contributed by atoms with van der Waals surface area (Å²) in [7, 11) is 0. The molecule has 0 aliphatic carbocycles. The molecule has 0 spiro atoms. The number of halogens is 3. The van der Waals surface area contributed by atoms with Gasteiger partial charge in [0, 0.05) is 25.7 Å². The van der Waals surface area contributed by atoms with Crippen LogP contribution in [0.5, 0.6) is 0 Å². The lowest BCUT2D eigenvalue weighted by Gasteiger charge is -2.41. The Morgan fingerprint density at radius 1 is 1.56 bits per heavy atom. The molecular weight excluding hydrogens is 249 g/mol. The Hall–Kier alpha value is -1.14. The van der Waals surface area contributed by atoms with E-state index in [4.69, 9.17) is 11.1 Å². The van der Waals surface area contributed by atoms with Crippen LogP contribution in [0, 0.1) is 11.3 Å². The Kier molecular flexibility index (Phi) is 4.70. The zero-order chi connectivity index (χ0) is 13.9. The highest BCUT2D eigenvalue weighted by Gasteiger charge is 2.41. The third-order valence-corrected chi connectivity index (χ3v) is 2.88. The smallest absolute Gasteiger partial charge is 0.374 e. The molecule has 5 nitrogen and oxygen atoms in total. The van der Waals surface area contributed by atoms with Crippen molar-refractivity contribution in [1.29, 1.82) is 5.26 Å². The van der Waals surface area contributed by atoms with Crippen LogP contribution in [0.1, 0.15) is 6.42 Å². The van der Waals surface area contributed by atoms with Gasteiger partial charge in [0.15, 0.2) is 0 Å². The summed E-state index contributed by atoms with van der Waals surface area (Å²) in [5.41, 5.74) is -1.23. The second-order valence-corrected chi connectivity index (χ2v) is 4.15. The van der Waals surface area contributed by atoms with Crippen LogP contribution in [-0.2, 0) is 0 Å². The highest BCUT2D eigenvalue weighted by Crippen LogP contribution is 2.29. The van der Waals surface area contributed by atoms with Crippen LogP contribution < -0.4 is 5.84 Å². The lowest BCUT2D eigenvalue weighted by molar-refractivity contribution is -0.130. The van der Waals surface area contributed by atoms with Crippen molar-refractivity contribution in [3.63, 3.8) is 0 Å². The van der Waals surface area contributed by atoms with Crippen molar-refractivity contribution in [3.05, 3.63) is 12.2 Å². The van der Waals surface area contributed by atoms with Gasteiger partial charge in [-0.3, -0.25) is 10.7 Å². The van der Waals surface area contributed by atoms with Crippen LogP contribution in [0.2, 0.25) is 0 Å². The molecule has 0 aromatic rings. The number of nitriles is 1. The summed E-state index contributed by atoms with van der Waals surface area (Å²) in [6, 6.07) is 1.34. The molecule has 0 amide bonds. The van der Waals surface area contributed by atoms with Crippen molar-refractivity contribution in [1.82, 2.24) is 9.91 Å². The van der Waals surface area contributed by atoms with E-state index in [0.29, 0.717) is 6.54 Å². The van der Waals surface area contributed by atoms with E-state index in [2.05, 4.69) is 6.58 Å². The van der Waals surface area contributed by atoms with Crippen molar-refractivity contribution in [2.45, 2.75) is 24.9 Å². The fourth-order valence-corrected chi connectivity index (χ4v) is 1.85. The van der Waals surface area contributed by atoms with Crippen LogP contribution in [0.3, 0.4) is 0 Å². The van der Waals surface area contributed by atoms with E-state index in [1.165, 1.54) is 9.91 Å². The molecule has 0 radical (unpaired) electrons. The lowest BCUT2D eigenvalue weighted by atomic mass is 10.1. The zero-order valence-electron chi connectivity index (χ0n) is 9.69. The molecule has 18 heavy (non-hydrogen) atoms. The maximum atomic E-state index is 12.5. The van der Waals surface area contributed by atoms with Crippen LogP contribution in [0.25, 0.3) is 0 Å². The molecule has 1 saturated heterocycles. The molecule has 1 heterocycles. The topological polar surface area (TPSA) is 76.5 Å². The van der Waals surface area contributed by atoms with E-state index in [9.17, 15) is 18.3 Å². The number of aliphatic hydroxyl groups is 1. The number of hydrogen-bond acceptors (Lipinski definition) is 5. The van der Waals surface area contributed by atoms with E-state index in [1.54, 1.807) is 0 Å². The number of piperazine rings is 1. The summed E-state index contributed by atoms with van der Waals surface area (Å²) in [6.45, 7) is 3.58. The summed E-state index contributed by atoms with van der Waals surface area (Å²) in [6.07, 6.45) is -6.50. The molecule has 3 N–H and O–H groups in total. The molecule has 1 rings (SSSR count). The molecule has 1 aliphatic rings. The van der Waals surface area contributed by atoms with Gasteiger partial charge < -0.3 is 5.11 Å².